The van der Waals surface area contributed by atoms with Crippen LogP contribution in [0.4, 0.5) is 0 Å². The second-order valence-corrected chi connectivity index (χ2v) is 4.56. The third kappa shape index (κ3) is 3.71. The lowest BCUT2D eigenvalue weighted by atomic mass is 10.2. The molecular weight excluding hydrogens is 260 g/mol. The van der Waals surface area contributed by atoms with Crippen LogP contribution in [-0.4, -0.2) is 26.3 Å². The molecule has 5 nitrogen and oxygen atoms in total. The van der Waals surface area contributed by atoms with E-state index < -0.39 is 0 Å². The highest BCUT2D eigenvalue weighted by atomic mass is 16.7. The van der Waals surface area contributed by atoms with Gasteiger partial charge in [-0.25, -0.2) is 0 Å². The number of carbonyl (C=O) groups is 1. The fourth-order valence-corrected chi connectivity index (χ4v) is 1.97. The van der Waals surface area contributed by atoms with Gasteiger partial charge in [-0.1, -0.05) is 6.92 Å². The van der Waals surface area contributed by atoms with Gasteiger partial charge in [-0.15, -0.1) is 0 Å². The Morgan fingerprint density at radius 2 is 2.05 bits per heavy atom. The molecule has 0 aliphatic carbocycles. The zero-order valence-electron chi connectivity index (χ0n) is 11.9. The molecular formula is C15H20O5. The minimum atomic E-state index is -0.377. The van der Waals surface area contributed by atoms with Crippen LogP contribution < -0.4 is 9.47 Å². The molecule has 0 spiro atoms. The molecule has 1 heterocycles. The number of benzene rings is 1. The molecule has 0 unspecified atom stereocenters. The largest absolute Gasteiger partial charge is 0.493 e. The van der Waals surface area contributed by atoms with Crippen molar-refractivity contribution < 1.29 is 23.7 Å². The fraction of sp³-hybridized carbons (Fsp3) is 0.533. The van der Waals surface area contributed by atoms with Crippen molar-refractivity contribution in [2.45, 2.75) is 32.5 Å². The Bertz CT molecular complexity index is 452. The van der Waals surface area contributed by atoms with Gasteiger partial charge in [0.05, 0.1) is 20.3 Å². The van der Waals surface area contributed by atoms with Crippen molar-refractivity contribution in [1.29, 1.82) is 0 Å². The smallest absolute Gasteiger partial charge is 0.311 e. The van der Waals surface area contributed by atoms with Crippen LogP contribution in [0.15, 0.2) is 18.2 Å². The second kappa shape index (κ2) is 7.26. The molecule has 0 saturated carbocycles. The Morgan fingerprint density at radius 1 is 1.30 bits per heavy atom. The van der Waals surface area contributed by atoms with Gasteiger partial charge in [0, 0.05) is 12.0 Å². The highest BCUT2D eigenvalue weighted by molar-refractivity contribution is 5.73. The molecule has 0 N–H and O–H groups in total. The number of methoxy groups -OCH3 is 1. The van der Waals surface area contributed by atoms with E-state index in [1.165, 1.54) is 0 Å². The summed E-state index contributed by atoms with van der Waals surface area (Å²) in [6.07, 6.45) is 1.67. The van der Waals surface area contributed by atoms with Crippen molar-refractivity contribution in [3.63, 3.8) is 0 Å². The first-order valence-corrected chi connectivity index (χ1v) is 6.86. The van der Waals surface area contributed by atoms with Gasteiger partial charge in [-0.3, -0.25) is 4.79 Å². The SMILES string of the molecule is CCCC(=O)Oc1ccc(C2OCCCO2)cc1OC. The molecule has 1 fully saturated rings. The van der Waals surface area contributed by atoms with Crippen LogP contribution in [0.3, 0.4) is 0 Å². The van der Waals surface area contributed by atoms with E-state index in [9.17, 15) is 4.79 Å². The molecule has 0 bridgehead atoms. The maximum Gasteiger partial charge on any atom is 0.311 e. The molecule has 1 aliphatic heterocycles. The van der Waals surface area contributed by atoms with Crippen molar-refractivity contribution in [1.82, 2.24) is 0 Å². The first-order valence-electron chi connectivity index (χ1n) is 6.86. The summed E-state index contributed by atoms with van der Waals surface area (Å²) in [4.78, 5) is 11.5. The van der Waals surface area contributed by atoms with Gasteiger partial charge in [0.15, 0.2) is 17.8 Å². The minimum Gasteiger partial charge on any atom is -0.493 e. The van der Waals surface area contributed by atoms with Crippen molar-refractivity contribution in [3.8, 4) is 11.5 Å². The van der Waals surface area contributed by atoms with E-state index in [4.69, 9.17) is 18.9 Å². The van der Waals surface area contributed by atoms with Gasteiger partial charge in [-0.05, 0) is 31.0 Å². The summed E-state index contributed by atoms with van der Waals surface area (Å²) < 4.78 is 21.6. The van der Waals surface area contributed by atoms with Gasteiger partial charge < -0.3 is 18.9 Å². The maximum absolute atomic E-state index is 11.5. The molecule has 5 heteroatoms. The standard InChI is InChI=1S/C15H20O5/c1-3-5-14(16)20-12-7-6-11(10-13(12)17-2)15-18-8-4-9-19-15/h6-7,10,15H,3-5,8-9H2,1-2H3. The summed E-state index contributed by atoms with van der Waals surface area (Å²) >= 11 is 0. The van der Waals surface area contributed by atoms with Crippen LogP contribution in [0.2, 0.25) is 0 Å². The topological polar surface area (TPSA) is 54.0 Å². The number of esters is 1. The van der Waals surface area contributed by atoms with E-state index in [1.54, 1.807) is 19.2 Å². The Morgan fingerprint density at radius 3 is 2.70 bits per heavy atom. The molecule has 20 heavy (non-hydrogen) atoms. The van der Waals surface area contributed by atoms with Gasteiger partial charge >= 0.3 is 5.97 Å². The molecule has 1 aromatic rings. The lowest BCUT2D eigenvalue weighted by Gasteiger charge is -2.24. The van der Waals surface area contributed by atoms with Crippen molar-refractivity contribution in [3.05, 3.63) is 23.8 Å². The number of hydrogen-bond donors (Lipinski definition) is 0. The van der Waals surface area contributed by atoms with E-state index >= 15 is 0 Å². The van der Waals surface area contributed by atoms with Crippen molar-refractivity contribution >= 4 is 5.97 Å². The molecule has 2 rings (SSSR count). The third-order valence-corrected chi connectivity index (χ3v) is 2.96. The van der Waals surface area contributed by atoms with E-state index in [2.05, 4.69) is 0 Å². The van der Waals surface area contributed by atoms with Crippen LogP contribution in [0, 0.1) is 0 Å². The summed E-state index contributed by atoms with van der Waals surface area (Å²) in [6.45, 7) is 3.29. The van der Waals surface area contributed by atoms with E-state index in [0.29, 0.717) is 31.1 Å². The van der Waals surface area contributed by atoms with Crippen molar-refractivity contribution in [2.75, 3.05) is 20.3 Å². The Balaban J connectivity index is 2.12. The fourth-order valence-electron chi connectivity index (χ4n) is 1.97. The van der Waals surface area contributed by atoms with Crippen LogP contribution in [0.5, 0.6) is 11.5 Å². The summed E-state index contributed by atoms with van der Waals surface area (Å²) in [7, 11) is 1.54. The van der Waals surface area contributed by atoms with Gasteiger partial charge in [0.25, 0.3) is 0 Å². The third-order valence-electron chi connectivity index (χ3n) is 2.96. The van der Waals surface area contributed by atoms with Crippen LogP contribution in [0.1, 0.15) is 38.0 Å². The minimum absolute atomic E-state index is 0.260. The zero-order valence-corrected chi connectivity index (χ0v) is 11.9. The monoisotopic (exact) mass is 280 g/mol. The van der Waals surface area contributed by atoms with Gasteiger partial charge in [0.2, 0.25) is 0 Å². The van der Waals surface area contributed by atoms with E-state index in [-0.39, 0.29) is 12.3 Å². The molecule has 1 saturated heterocycles. The van der Waals surface area contributed by atoms with Crippen LogP contribution in [-0.2, 0) is 14.3 Å². The van der Waals surface area contributed by atoms with Crippen LogP contribution in [0.25, 0.3) is 0 Å². The molecule has 110 valence electrons. The number of hydrogen-bond acceptors (Lipinski definition) is 5. The molecule has 0 amide bonds. The lowest BCUT2D eigenvalue weighted by Crippen LogP contribution is -2.17. The molecule has 1 aliphatic rings. The molecule has 0 aromatic heterocycles. The van der Waals surface area contributed by atoms with Gasteiger partial charge in [0.1, 0.15) is 0 Å². The summed E-state index contributed by atoms with van der Waals surface area (Å²) in [5, 5.41) is 0. The first kappa shape index (κ1) is 14.8. The molecule has 1 aromatic carbocycles. The average molecular weight is 280 g/mol. The van der Waals surface area contributed by atoms with E-state index in [1.807, 2.05) is 13.0 Å². The predicted molar refractivity (Wildman–Crippen MR) is 72.8 cm³/mol. The Kier molecular flexibility index (Phi) is 5.38. The normalized spacial score (nSPS) is 15.9. The first-order chi connectivity index (χ1) is 9.74. The second-order valence-electron chi connectivity index (χ2n) is 4.56. The highest BCUT2D eigenvalue weighted by Gasteiger charge is 2.19. The van der Waals surface area contributed by atoms with Crippen molar-refractivity contribution in [2.24, 2.45) is 0 Å². The number of rotatable bonds is 5. The predicted octanol–water partition coefficient (Wildman–Crippen LogP) is 2.84. The molecule has 0 atom stereocenters. The summed E-state index contributed by atoms with van der Waals surface area (Å²) in [5.74, 6) is 0.666. The lowest BCUT2D eigenvalue weighted by molar-refractivity contribution is -0.183. The number of ether oxygens (including phenoxy) is 4. The van der Waals surface area contributed by atoms with E-state index in [0.717, 1.165) is 18.4 Å². The zero-order chi connectivity index (χ0) is 14.4. The Hall–Kier alpha value is -1.59. The quantitative estimate of drug-likeness (QED) is 0.613. The highest BCUT2D eigenvalue weighted by Crippen LogP contribution is 2.33. The van der Waals surface area contributed by atoms with Crippen LogP contribution >= 0.6 is 0 Å². The maximum atomic E-state index is 11.5. The average Bonchev–Trinajstić information content (AvgIpc) is 2.49. The number of carbonyl (C=O) groups excluding carboxylic acids is 1. The summed E-state index contributed by atoms with van der Waals surface area (Å²) in [5.41, 5.74) is 0.858. The Labute approximate surface area is 118 Å². The molecule has 0 radical (unpaired) electrons. The van der Waals surface area contributed by atoms with Gasteiger partial charge in [-0.2, -0.15) is 0 Å². The summed E-state index contributed by atoms with van der Waals surface area (Å²) in [6, 6.07) is 5.32.